The summed E-state index contributed by atoms with van der Waals surface area (Å²) in [6.45, 7) is 0.626. The first-order chi connectivity index (χ1) is 11.6. The average molecular weight is 325 g/mol. The van der Waals surface area contributed by atoms with Crippen LogP contribution in [-0.2, 0) is 13.5 Å². The topological polar surface area (TPSA) is 63.1 Å². The molecule has 1 aromatic carbocycles. The van der Waals surface area contributed by atoms with Gasteiger partial charge in [-0.05, 0) is 42.4 Å². The number of anilines is 1. The minimum atomic E-state index is -0.322. The molecule has 1 aliphatic rings. The van der Waals surface area contributed by atoms with Crippen molar-refractivity contribution < 1.29 is 4.79 Å². The van der Waals surface area contributed by atoms with E-state index in [1.54, 1.807) is 25.4 Å². The van der Waals surface area contributed by atoms with Gasteiger partial charge in [0.25, 0.3) is 5.56 Å². The fraction of sp³-hybridized carbons (Fsp3) is 0.368. The number of aryl methyl sites for hydroxylation is 1. The molecule has 5 nitrogen and oxygen atoms in total. The lowest BCUT2D eigenvalue weighted by molar-refractivity contribution is 0.133. The number of urea groups is 1. The number of hydrogen-bond acceptors (Lipinski definition) is 2. The van der Waals surface area contributed by atoms with E-state index >= 15 is 0 Å². The van der Waals surface area contributed by atoms with Gasteiger partial charge in [-0.3, -0.25) is 4.79 Å². The third-order valence-electron chi connectivity index (χ3n) is 4.83. The SMILES string of the molecule is Cn1cccc(NC(=O)NCC2(Cc3ccccc3)CCC2)c1=O. The maximum absolute atomic E-state index is 12.1. The largest absolute Gasteiger partial charge is 0.337 e. The van der Waals surface area contributed by atoms with E-state index < -0.39 is 0 Å². The van der Waals surface area contributed by atoms with Crippen molar-refractivity contribution in [1.29, 1.82) is 0 Å². The van der Waals surface area contributed by atoms with Crippen LogP contribution in [0.2, 0.25) is 0 Å². The molecule has 0 radical (unpaired) electrons. The first-order valence-corrected chi connectivity index (χ1v) is 8.32. The molecule has 0 bridgehead atoms. The van der Waals surface area contributed by atoms with Crippen molar-refractivity contribution in [2.75, 3.05) is 11.9 Å². The smallest absolute Gasteiger partial charge is 0.319 e. The van der Waals surface area contributed by atoms with E-state index in [9.17, 15) is 9.59 Å². The Morgan fingerprint density at radius 2 is 1.92 bits per heavy atom. The molecule has 5 heteroatoms. The maximum Gasteiger partial charge on any atom is 0.319 e. The number of nitrogens with zero attached hydrogens (tertiary/aromatic N) is 1. The minimum Gasteiger partial charge on any atom is -0.337 e. The second kappa shape index (κ2) is 6.91. The van der Waals surface area contributed by atoms with Crippen LogP contribution in [0, 0.1) is 5.41 Å². The molecule has 0 aliphatic heterocycles. The summed E-state index contributed by atoms with van der Waals surface area (Å²) in [6.07, 6.45) is 6.08. The van der Waals surface area contributed by atoms with Crippen LogP contribution in [0.5, 0.6) is 0 Å². The molecule has 1 aliphatic carbocycles. The summed E-state index contributed by atoms with van der Waals surface area (Å²) >= 11 is 0. The van der Waals surface area contributed by atoms with Gasteiger partial charge in [0, 0.05) is 19.8 Å². The Hall–Kier alpha value is -2.56. The Balaban J connectivity index is 1.58. The van der Waals surface area contributed by atoms with Crippen LogP contribution in [0.3, 0.4) is 0 Å². The van der Waals surface area contributed by atoms with Crippen molar-refractivity contribution in [2.24, 2.45) is 12.5 Å². The molecule has 126 valence electrons. The number of aromatic nitrogens is 1. The first kappa shape index (κ1) is 16.3. The van der Waals surface area contributed by atoms with Crippen molar-refractivity contribution in [2.45, 2.75) is 25.7 Å². The Morgan fingerprint density at radius 3 is 2.58 bits per heavy atom. The number of pyridine rings is 1. The second-order valence-electron chi connectivity index (χ2n) is 6.66. The zero-order chi connectivity index (χ0) is 17.0. The van der Waals surface area contributed by atoms with Crippen LogP contribution in [0.25, 0.3) is 0 Å². The van der Waals surface area contributed by atoms with Crippen LogP contribution >= 0.6 is 0 Å². The fourth-order valence-corrected chi connectivity index (χ4v) is 3.25. The highest BCUT2D eigenvalue weighted by molar-refractivity contribution is 5.88. The van der Waals surface area contributed by atoms with Crippen LogP contribution < -0.4 is 16.2 Å². The molecule has 0 unspecified atom stereocenters. The number of nitrogens with one attached hydrogen (secondary N) is 2. The molecule has 2 aromatic rings. The molecule has 0 spiro atoms. The van der Waals surface area contributed by atoms with E-state index in [0.717, 1.165) is 19.3 Å². The zero-order valence-electron chi connectivity index (χ0n) is 13.9. The Morgan fingerprint density at radius 1 is 1.17 bits per heavy atom. The third kappa shape index (κ3) is 3.67. The summed E-state index contributed by atoms with van der Waals surface area (Å²) in [5.41, 5.74) is 1.52. The van der Waals surface area contributed by atoms with Gasteiger partial charge in [-0.25, -0.2) is 4.79 Å². The molecule has 2 amide bonds. The van der Waals surface area contributed by atoms with Crippen molar-refractivity contribution in [1.82, 2.24) is 9.88 Å². The zero-order valence-corrected chi connectivity index (χ0v) is 13.9. The van der Waals surface area contributed by atoms with Crippen LogP contribution in [-0.4, -0.2) is 17.1 Å². The van der Waals surface area contributed by atoms with Crippen molar-refractivity contribution in [3.63, 3.8) is 0 Å². The molecule has 1 saturated carbocycles. The van der Waals surface area contributed by atoms with Gasteiger partial charge in [-0.2, -0.15) is 0 Å². The van der Waals surface area contributed by atoms with E-state index in [-0.39, 0.29) is 17.0 Å². The van der Waals surface area contributed by atoms with Crippen LogP contribution in [0.4, 0.5) is 10.5 Å². The van der Waals surface area contributed by atoms with Gasteiger partial charge < -0.3 is 15.2 Å². The number of amides is 2. The minimum absolute atomic E-state index is 0.139. The average Bonchev–Trinajstić information content (AvgIpc) is 2.55. The maximum atomic E-state index is 12.1. The molecular weight excluding hydrogens is 302 g/mol. The molecular formula is C19H23N3O2. The van der Waals surface area contributed by atoms with Gasteiger partial charge in [-0.15, -0.1) is 0 Å². The summed E-state index contributed by atoms with van der Waals surface area (Å²) in [5.74, 6) is 0. The van der Waals surface area contributed by atoms with Crippen molar-refractivity contribution in [3.8, 4) is 0 Å². The van der Waals surface area contributed by atoms with Gasteiger partial charge in [0.2, 0.25) is 0 Å². The molecule has 0 atom stereocenters. The van der Waals surface area contributed by atoms with Crippen LogP contribution in [0.1, 0.15) is 24.8 Å². The van der Waals surface area contributed by atoms with E-state index in [1.165, 1.54) is 16.6 Å². The van der Waals surface area contributed by atoms with Crippen molar-refractivity contribution in [3.05, 3.63) is 64.6 Å². The fourth-order valence-electron chi connectivity index (χ4n) is 3.25. The molecule has 1 fully saturated rings. The van der Waals surface area contributed by atoms with Crippen molar-refractivity contribution >= 4 is 11.7 Å². The lowest BCUT2D eigenvalue weighted by atomic mass is 9.65. The molecule has 3 rings (SSSR count). The molecule has 24 heavy (non-hydrogen) atoms. The first-order valence-electron chi connectivity index (χ1n) is 8.32. The number of carbonyl (C=O) groups is 1. The van der Waals surface area contributed by atoms with Gasteiger partial charge in [0.1, 0.15) is 5.69 Å². The number of carbonyl (C=O) groups excluding carboxylic acids is 1. The molecule has 0 saturated heterocycles. The highest BCUT2D eigenvalue weighted by Crippen LogP contribution is 2.43. The van der Waals surface area contributed by atoms with Gasteiger partial charge in [0.05, 0.1) is 0 Å². The highest BCUT2D eigenvalue weighted by Gasteiger charge is 2.37. The predicted octanol–water partition coefficient (Wildman–Crippen LogP) is 2.92. The quantitative estimate of drug-likeness (QED) is 0.888. The summed E-state index contributed by atoms with van der Waals surface area (Å²) < 4.78 is 1.44. The Kier molecular flexibility index (Phi) is 4.69. The monoisotopic (exact) mass is 325 g/mol. The number of rotatable bonds is 5. The highest BCUT2D eigenvalue weighted by atomic mass is 16.2. The summed E-state index contributed by atoms with van der Waals surface area (Å²) in [6, 6.07) is 13.4. The standard InChI is InChI=1S/C19H23N3O2/c1-22-12-5-9-16(17(22)23)21-18(24)20-14-19(10-6-11-19)13-15-7-3-2-4-8-15/h2-5,7-9,12H,6,10-11,13-14H2,1H3,(H2,20,21,24). The molecule has 1 heterocycles. The summed E-state index contributed by atoms with van der Waals surface area (Å²) in [4.78, 5) is 24.1. The lowest BCUT2D eigenvalue weighted by Gasteiger charge is -2.42. The van der Waals surface area contributed by atoms with Gasteiger partial charge in [-0.1, -0.05) is 36.8 Å². The number of benzene rings is 1. The normalized spacial score (nSPS) is 15.4. The third-order valence-corrected chi connectivity index (χ3v) is 4.83. The van der Waals surface area contributed by atoms with E-state index in [0.29, 0.717) is 12.2 Å². The summed E-state index contributed by atoms with van der Waals surface area (Å²) in [7, 11) is 1.66. The Bertz CT molecular complexity index is 764. The summed E-state index contributed by atoms with van der Waals surface area (Å²) in [5, 5.41) is 5.59. The lowest BCUT2D eigenvalue weighted by Crippen LogP contribution is -2.45. The number of hydrogen-bond donors (Lipinski definition) is 2. The molecule has 1 aromatic heterocycles. The Labute approximate surface area is 141 Å². The van der Waals surface area contributed by atoms with Gasteiger partial charge >= 0.3 is 6.03 Å². The van der Waals surface area contributed by atoms with Gasteiger partial charge in [0.15, 0.2) is 0 Å². The van der Waals surface area contributed by atoms with E-state index in [4.69, 9.17) is 0 Å². The van der Waals surface area contributed by atoms with E-state index in [1.807, 2.05) is 18.2 Å². The van der Waals surface area contributed by atoms with Crippen LogP contribution in [0.15, 0.2) is 53.5 Å². The second-order valence-corrected chi connectivity index (χ2v) is 6.66. The molecule has 2 N–H and O–H groups in total. The predicted molar refractivity (Wildman–Crippen MR) is 95.1 cm³/mol. The van der Waals surface area contributed by atoms with E-state index in [2.05, 4.69) is 22.8 Å².